The van der Waals surface area contributed by atoms with Crippen molar-refractivity contribution in [2.45, 2.75) is 25.8 Å². The molecule has 4 rings (SSSR count). The van der Waals surface area contributed by atoms with Gasteiger partial charge in [-0.1, -0.05) is 24.3 Å². The number of hydrogen-bond donors (Lipinski definition) is 1. The van der Waals surface area contributed by atoms with Gasteiger partial charge in [0.2, 0.25) is 5.91 Å². The third-order valence-corrected chi connectivity index (χ3v) is 5.86. The number of nitrogen functional groups attached to an aromatic ring is 1. The first-order valence-corrected chi connectivity index (χ1v) is 9.88. The summed E-state index contributed by atoms with van der Waals surface area (Å²) in [6, 6.07) is 16.3. The van der Waals surface area contributed by atoms with Crippen molar-refractivity contribution < 1.29 is 4.79 Å². The van der Waals surface area contributed by atoms with Crippen molar-refractivity contribution in [3.63, 3.8) is 0 Å². The minimum Gasteiger partial charge on any atom is -0.398 e. The van der Waals surface area contributed by atoms with E-state index in [4.69, 9.17) is 5.73 Å². The molecule has 1 atom stereocenters. The second-order valence-electron chi connectivity index (χ2n) is 7.47. The quantitative estimate of drug-likeness (QED) is 0.746. The van der Waals surface area contributed by atoms with Gasteiger partial charge < -0.3 is 20.4 Å². The molecule has 0 bridgehead atoms. The molecule has 1 fully saturated rings. The lowest BCUT2D eigenvalue weighted by Crippen LogP contribution is -2.55. The number of anilines is 3. The van der Waals surface area contributed by atoms with Crippen LogP contribution in [0.3, 0.4) is 0 Å². The molecule has 2 aromatic rings. The van der Waals surface area contributed by atoms with E-state index in [0.717, 1.165) is 56.9 Å². The van der Waals surface area contributed by atoms with E-state index < -0.39 is 0 Å². The van der Waals surface area contributed by atoms with Crippen LogP contribution in [-0.2, 0) is 11.2 Å². The molecule has 0 aliphatic carbocycles. The van der Waals surface area contributed by atoms with Crippen LogP contribution in [0, 0.1) is 0 Å². The lowest BCUT2D eigenvalue weighted by Gasteiger charge is -2.41. The number of halogens is 2. The largest absolute Gasteiger partial charge is 0.398 e. The second-order valence-corrected chi connectivity index (χ2v) is 7.47. The Labute approximate surface area is 185 Å². The highest BCUT2D eigenvalue weighted by atomic mass is 35.5. The van der Waals surface area contributed by atoms with Gasteiger partial charge in [0, 0.05) is 49.8 Å². The first-order chi connectivity index (χ1) is 13.1. The number of para-hydroxylation sites is 1. The molecule has 7 heteroatoms. The summed E-state index contributed by atoms with van der Waals surface area (Å²) < 4.78 is 0. The van der Waals surface area contributed by atoms with Crippen molar-refractivity contribution in [1.82, 2.24) is 4.90 Å². The molecule has 1 amide bonds. The van der Waals surface area contributed by atoms with Gasteiger partial charge in [-0.05, 0) is 49.6 Å². The van der Waals surface area contributed by atoms with Gasteiger partial charge in [0.1, 0.15) is 6.04 Å². The van der Waals surface area contributed by atoms with Crippen LogP contribution in [0.25, 0.3) is 0 Å². The Morgan fingerprint density at radius 2 is 1.62 bits per heavy atom. The van der Waals surface area contributed by atoms with Gasteiger partial charge in [0.25, 0.3) is 0 Å². The van der Waals surface area contributed by atoms with Crippen LogP contribution in [0.15, 0.2) is 48.5 Å². The zero-order chi connectivity index (χ0) is 18.8. The van der Waals surface area contributed by atoms with Crippen LogP contribution in [0.5, 0.6) is 0 Å². The molecule has 0 saturated carbocycles. The van der Waals surface area contributed by atoms with Crippen LogP contribution in [0.4, 0.5) is 17.1 Å². The van der Waals surface area contributed by atoms with Gasteiger partial charge in [-0.3, -0.25) is 4.79 Å². The molecule has 2 aliphatic rings. The van der Waals surface area contributed by atoms with Gasteiger partial charge in [-0.2, -0.15) is 0 Å². The van der Waals surface area contributed by atoms with Gasteiger partial charge in [0.15, 0.2) is 0 Å². The predicted octanol–water partition coefficient (Wildman–Crippen LogP) is 3.60. The highest BCUT2D eigenvalue weighted by Crippen LogP contribution is 2.33. The number of rotatable bonds is 3. The van der Waals surface area contributed by atoms with Crippen LogP contribution in [0.2, 0.25) is 0 Å². The van der Waals surface area contributed by atoms with Crippen LogP contribution in [0.1, 0.15) is 18.9 Å². The molecule has 1 unspecified atom stereocenters. The summed E-state index contributed by atoms with van der Waals surface area (Å²) in [7, 11) is 0. The number of benzene rings is 2. The van der Waals surface area contributed by atoms with Crippen molar-refractivity contribution in [2.75, 3.05) is 48.3 Å². The number of carbonyl (C=O) groups is 1. The molecule has 0 spiro atoms. The Morgan fingerprint density at radius 1 is 0.931 bits per heavy atom. The van der Waals surface area contributed by atoms with Crippen molar-refractivity contribution in [3.8, 4) is 0 Å². The van der Waals surface area contributed by atoms with Crippen molar-refractivity contribution in [1.29, 1.82) is 0 Å². The Kier molecular flexibility index (Phi) is 8.05. The van der Waals surface area contributed by atoms with Gasteiger partial charge in [0.05, 0.1) is 0 Å². The smallest absolute Gasteiger partial charge is 0.245 e. The van der Waals surface area contributed by atoms with E-state index in [2.05, 4.69) is 40.1 Å². The van der Waals surface area contributed by atoms with Gasteiger partial charge >= 0.3 is 0 Å². The van der Waals surface area contributed by atoms with E-state index in [0.29, 0.717) is 0 Å². The SMILES string of the molecule is CC(C(=O)N1CCN(c2ccccc2)CC1)N1CCCc2c(N)cccc21.Cl.Cl. The molecule has 2 heterocycles. The van der Waals surface area contributed by atoms with Crippen LogP contribution < -0.4 is 15.5 Å². The molecule has 2 N–H and O–H groups in total. The third kappa shape index (κ3) is 4.73. The fourth-order valence-corrected chi connectivity index (χ4v) is 4.30. The Balaban J connectivity index is 0.00000150. The summed E-state index contributed by atoms with van der Waals surface area (Å²) >= 11 is 0. The predicted molar refractivity (Wildman–Crippen MR) is 126 cm³/mol. The van der Waals surface area contributed by atoms with Crippen molar-refractivity contribution in [3.05, 3.63) is 54.1 Å². The Hall–Kier alpha value is -2.11. The average Bonchev–Trinajstić information content (AvgIpc) is 2.73. The highest BCUT2D eigenvalue weighted by molar-refractivity contribution is 5.86. The number of amides is 1. The lowest BCUT2D eigenvalue weighted by atomic mass is 9.98. The molecule has 1 saturated heterocycles. The summed E-state index contributed by atoms with van der Waals surface area (Å²) in [5, 5.41) is 0. The summed E-state index contributed by atoms with van der Waals surface area (Å²) in [4.78, 5) is 19.8. The summed E-state index contributed by atoms with van der Waals surface area (Å²) in [5.41, 5.74) is 10.6. The molecule has 2 aliphatic heterocycles. The number of piperazine rings is 1. The molecule has 158 valence electrons. The van der Waals surface area contributed by atoms with E-state index in [1.807, 2.05) is 30.0 Å². The maximum Gasteiger partial charge on any atom is 0.245 e. The Morgan fingerprint density at radius 3 is 2.31 bits per heavy atom. The zero-order valence-corrected chi connectivity index (χ0v) is 18.4. The van der Waals surface area contributed by atoms with Gasteiger partial charge in [-0.25, -0.2) is 0 Å². The van der Waals surface area contributed by atoms with Crippen LogP contribution in [-0.4, -0.2) is 49.6 Å². The van der Waals surface area contributed by atoms with E-state index in [1.54, 1.807) is 0 Å². The number of nitrogens with two attached hydrogens (primary N) is 1. The minimum atomic E-state index is -0.158. The molecular weight excluding hydrogens is 407 g/mol. The van der Waals surface area contributed by atoms with Gasteiger partial charge in [-0.15, -0.1) is 24.8 Å². The molecule has 29 heavy (non-hydrogen) atoms. The molecular formula is C22H30Cl2N4O. The standard InChI is InChI=1S/C22H28N4O.2ClH/c1-17(26-12-6-9-19-20(23)10-5-11-21(19)26)22(27)25-15-13-24(14-16-25)18-7-3-2-4-8-18;;/h2-5,7-8,10-11,17H,6,9,12-16,23H2,1H3;2*1H. The van der Waals surface area contributed by atoms with Crippen LogP contribution >= 0.6 is 24.8 Å². The summed E-state index contributed by atoms with van der Waals surface area (Å²) in [6.07, 6.45) is 2.04. The minimum absolute atomic E-state index is 0. The second kappa shape index (κ2) is 10.1. The first-order valence-electron chi connectivity index (χ1n) is 9.88. The number of nitrogens with zero attached hydrogens (tertiary/aromatic N) is 3. The van der Waals surface area contributed by atoms with E-state index >= 15 is 0 Å². The molecule has 2 aromatic carbocycles. The number of fused-ring (bicyclic) bond motifs is 1. The average molecular weight is 437 g/mol. The van der Waals surface area contributed by atoms with Crippen molar-refractivity contribution in [2.24, 2.45) is 0 Å². The first kappa shape index (κ1) is 23.2. The fourth-order valence-electron chi connectivity index (χ4n) is 4.30. The fraction of sp³-hybridized carbons (Fsp3) is 0.409. The zero-order valence-electron chi connectivity index (χ0n) is 16.8. The van der Waals surface area contributed by atoms with E-state index in [1.165, 1.54) is 11.3 Å². The molecule has 5 nitrogen and oxygen atoms in total. The van der Waals surface area contributed by atoms with Crippen molar-refractivity contribution >= 4 is 47.8 Å². The molecule has 0 radical (unpaired) electrons. The van der Waals surface area contributed by atoms with E-state index in [-0.39, 0.29) is 36.8 Å². The normalized spacial score (nSPS) is 16.9. The highest BCUT2D eigenvalue weighted by Gasteiger charge is 2.31. The summed E-state index contributed by atoms with van der Waals surface area (Å²) in [6.45, 7) is 6.25. The van der Waals surface area contributed by atoms with E-state index in [9.17, 15) is 4.79 Å². The lowest BCUT2D eigenvalue weighted by molar-refractivity contribution is -0.132. The Bertz CT molecular complexity index is 810. The maximum atomic E-state index is 13.2. The number of hydrogen-bond acceptors (Lipinski definition) is 4. The number of carbonyl (C=O) groups excluding carboxylic acids is 1. The summed E-state index contributed by atoms with van der Waals surface area (Å²) in [5.74, 6) is 0.220. The maximum absolute atomic E-state index is 13.2. The third-order valence-electron chi connectivity index (χ3n) is 5.86. The topological polar surface area (TPSA) is 52.8 Å². The molecule has 0 aromatic heterocycles. The monoisotopic (exact) mass is 436 g/mol.